The lowest BCUT2D eigenvalue weighted by molar-refractivity contribution is -0.138. The maximum Gasteiger partial charge on any atom is 0.420 e. The van der Waals surface area contributed by atoms with Gasteiger partial charge in [-0.2, -0.15) is 13.2 Å². The van der Waals surface area contributed by atoms with Gasteiger partial charge in [0.1, 0.15) is 28.4 Å². The van der Waals surface area contributed by atoms with E-state index < -0.39 is 34.8 Å². The van der Waals surface area contributed by atoms with E-state index in [9.17, 15) is 22.8 Å². The number of halogens is 3. The van der Waals surface area contributed by atoms with E-state index in [2.05, 4.69) is 25.8 Å². The van der Waals surface area contributed by atoms with Crippen LogP contribution in [0.2, 0.25) is 0 Å². The van der Waals surface area contributed by atoms with Crippen LogP contribution in [-0.2, 0) is 22.3 Å². The number of hydrogen-bond acceptors (Lipinski definition) is 9. The summed E-state index contributed by atoms with van der Waals surface area (Å²) in [5.41, 5.74) is -2.34. The van der Waals surface area contributed by atoms with Crippen LogP contribution in [0.4, 0.5) is 13.2 Å². The zero-order chi connectivity index (χ0) is 25.8. The molecule has 1 atom stereocenters. The van der Waals surface area contributed by atoms with Crippen molar-refractivity contribution in [2.24, 2.45) is 0 Å². The second-order valence-corrected chi connectivity index (χ2v) is 7.70. The molecule has 4 rings (SSSR count). The molecule has 2 N–H and O–H groups in total. The lowest BCUT2D eigenvalue weighted by Crippen LogP contribution is -2.59. The summed E-state index contributed by atoms with van der Waals surface area (Å²) in [5, 5.41) is 8.72. The number of carbonyl (C=O) groups is 2. The highest BCUT2D eigenvalue weighted by atomic mass is 19.4. The Hall–Kier alpha value is -4.20. The molecule has 190 valence electrons. The van der Waals surface area contributed by atoms with Crippen LogP contribution in [0, 0.1) is 0 Å². The number of nitrogens with one attached hydrogen (secondary N) is 2. The van der Waals surface area contributed by atoms with Crippen molar-refractivity contribution in [3.8, 4) is 17.2 Å². The van der Waals surface area contributed by atoms with E-state index in [0.717, 1.165) is 12.1 Å². The Morgan fingerprint density at radius 2 is 1.94 bits per heavy atom. The van der Waals surface area contributed by atoms with Gasteiger partial charge in [-0.15, -0.1) is 0 Å². The first-order chi connectivity index (χ1) is 17.2. The Bertz CT molecular complexity index is 1210. The van der Waals surface area contributed by atoms with Crippen LogP contribution in [0.1, 0.15) is 28.4 Å². The fourth-order valence-corrected chi connectivity index (χ4v) is 3.40. The lowest BCUT2D eigenvalue weighted by Gasteiger charge is -2.26. The minimum Gasteiger partial charge on any atom is -0.497 e. The third kappa shape index (κ3) is 5.54. The van der Waals surface area contributed by atoms with Gasteiger partial charge < -0.3 is 29.4 Å². The van der Waals surface area contributed by atoms with Crippen LogP contribution in [0.5, 0.6) is 17.2 Å². The van der Waals surface area contributed by atoms with Crippen LogP contribution in [0.3, 0.4) is 0 Å². The maximum atomic E-state index is 13.4. The van der Waals surface area contributed by atoms with Crippen LogP contribution in [0.25, 0.3) is 0 Å². The molecule has 1 aliphatic heterocycles. The molecule has 2 aromatic heterocycles. The number of nitrogens with zero attached hydrogens (tertiary/aromatic N) is 3. The number of aromatic nitrogens is 3. The SMILES string of the molecule is COc1ccc(Oc2cnc(CNC(=O)C3(NC(=O)c4ccno4)CCOC3)nc2)c(C(F)(F)F)c1. The fraction of sp³-hybridized carbons (Fsp3) is 0.318. The number of carbonyl (C=O) groups excluding carboxylic acids is 2. The lowest BCUT2D eigenvalue weighted by atomic mass is 9.97. The Morgan fingerprint density at radius 1 is 1.17 bits per heavy atom. The number of hydrogen-bond donors (Lipinski definition) is 2. The van der Waals surface area contributed by atoms with Gasteiger partial charge in [0.05, 0.1) is 38.9 Å². The van der Waals surface area contributed by atoms with E-state index in [0.29, 0.717) is 0 Å². The van der Waals surface area contributed by atoms with Gasteiger partial charge in [-0.3, -0.25) is 9.59 Å². The number of rotatable bonds is 8. The molecule has 2 amide bonds. The van der Waals surface area contributed by atoms with Crippen molar-refractivity contribution in [2.75, 3.05) is 20.3 Å². The van der Waals surface area contributed by atoms with Gasteiger partial charge in [-0.1, -0.05) is 5.16 Å². The number of alkyl halides is 3. The van der Waals surface area contributed by atoms with E-state index in [4.69, 9.17) is 18.7 Å². The van der Waals surface area contributed by atoms with Crippen molar-refractivity contribution in [3.63, 3.8) is 0 Å². The molecule has 14 heteroatoms. The Labute approximate surface area is 201 Å². The molecule has 3 heterocycles. The monoisotopic (exact) mass is 507 g/mol. The number of ether oxygens (including phenoxy) is 3. The zero-order valence-electron chi connectivity index (χ0n) is 18.8. The second kappa shape index (κ2) is 10.2. The summed E-state index contributed by atoms with van der Waals surface area (Å²) in [4.78, 5) is 33.3. The van der Waals surface area contributed by atoms with Gasteiger partial charge in [0.25, 0.3) is 5.91 Å². The van der Waals surface area contributed by atoms with Gasteiger partial charge in [0.15, 0.2) is 5.75 Å². The third-order valence-corrected chi connectivity index (χ3v) is 5.28. The Morgan fingerprint density at radius 3 is 2.56 bits per heavy atom. The molecule has 11 nitrogen and oxygen atoms in total. The van der Waals surface area contributed by atoms with E-state index >= 15 is 0 Å². The van der Waals surface area contributed by atoms with Crippen LogP contribution in [0.15, 0.2) is 47.4 Å². The molecule has 1 aliphatic rings. The van der Waals surface area contributed by atoms with Gasteiger partial charge in [0.2, 0.25) is 11.7 Å². The van der Waals surface area contributed by atoms with E-state index in [1.807, 2.05) is 0 Å². The summed E-state index contributed by atoms with van der Waals surface area (Å²) >= 11 is 0. The molecule has 0 bridgehead atoms. The molecule has 1 aromatic carbocycles. The van der Waals surface area contributed by atoms with Crippen molar-refractivity contribution in [1.29, 1.82) is 0 Å². The van der Waals surface area contributed by atoms with Crippen molar-refractivity contribution >= 4 is 11.8 Å². The van der Waals surface area contributed by atoms with Crippen molar-refractivity contribution < 1.29 is 41.5 Å². The van der Waals surface area contributed by atoms with Crippen LogP contribution < -0.4 is 20.1 Å². The first-order valence-electron chi connectivity index (χ1n) is 10.5. The summed E-state index contributed by atoms with van der Waals surface area (Å²) < 4.78 is 60.4. The van der Waals surface area contributed by atoms with Crippen molar-refractivity contribution in [1.82, 2.24) is 25.8 Å². The smallest absolute Gasteiger partial charge is 0.420 e. The van der Waals surface area contributed by atoms with Crippen LogP contribution >= 0.6 is 0 Å². The first kappa shape index (κ1) is 24.9. The average Bonchev–Trinajstić information content (AvgIpc) is 3.56. The Kier molecular flexibility index (Phi) is 7.05. The molecule has 0 spiro atoms. The molecular weight excluding hydrogens is 487 g/mol. The summed E-state index contributed by atoms with van der Waals surface area (Å²) in [5.74, 6) is -1.50. The van der Waals surface area contributed by atoms with E-state index in [-0.39, 0.29) is 49.3 Å². The van der Waals surface area contributed by atoms with E-state index in [1.54, 1.807) is 0 Å². The molecule has 0 radical (unpaired) electrons. The molecule has 36 heavy (non-hydrogen) atoms. The van der Waals surface area contributed by atoms with E-state index in [1.165, 1.54) is 37.8 Å². The zero-order valence-corrected chi connectivity index (χ0v) is 18.8. The largest absolute Gasteiger partial charge is 0.497 e. The van der Waals surface area contributed by atoms with Gasteiger partial charge >= 0.3 is 6.18 Å². The predicted molar refractivity (Wildman–Crippen MR) is 114 cm³/mol. The minimum absolute atomic E-state index is 0.0273. The average molecular weight is 507 g/mol. The van der Waals surface area contributed by atoms with Crippen molar-refractivity contribution in [2.45, 2.75) is 24.7 Å². The van der Waals surface area contributed by atoms with Crippen LogP contribution in [-0.4, -0.2) is 52.8 Å². The highest BCUT2D eigenvalue weighted by Crippen LogP contribution is 2.40. The summed E-state index contributed by atoms with van der Waals surface area (Å²) in [6.07, 6.45) is -0.776. The molecule has 0 aliphatic carbocycles. The summed E-state index contributed by atoms with van der Waals surface area (Å²) in [6, 6.07) is 4.65. The third-order valence-electron chi connectivity index (χ3n) is 5.28. The quantitative estimate of drug-likeness (QED) is 0.471. The molecule has 1 fully saturated rings. The van der Waals surface area contributed by atoms with Gasteiger partial charge in [-0.25, -0.2) is 9.97 Å². The topological polar surface area (TPSA) is 138 Å². The highest BCUT2D eigenvalue weighted by molar-refractivity contribution is 5.97. The molecule has 0 saturated carbocycles. The first-order valence-corrected chi connectivity index (χ1v) is 10.5. The standard InChI is InChI=1S/C22H20F3N5O6/c1-33-13-2-3-16(15(8-13)22(23,24)25)35-14-9-26-18(27-10-14)11-28-20(32)21(5-7-34-12-21)30-19(31)17-4-6-29-36-17/h2-4,6,8-10H,5,7,11-12H2,1H3,(H,28,32)(H,30,31). The summed E-state index contributed by atoms with van der Waals surface area (Å²) in [6.45, 7) is 0.100. The molecule has 1 saturated heterocycles. The molecular formula is C22H20F3N5O6. The second-order valence-electron chi connectivity index (χ2n) is 7.70. The maximum absolute atomic E-state index is 13.4. The van der Waals surface area contributed by atoms with Crippen molar-refractivity contribution in [3.05, 3.63) is 60.0 Å². The fourth-order valence-electron chi connectivity index (χ4n) is 3.40. The van der Waals surface area contributed by atoms with Gasteiger partial charge in [0, 0.05) is 19.1 Å². The number of amides is 2. The Balaban J connectivity index is 1.40. The number of methoxy groups -OCH3 is 1. The number of benzene rings is 1. The predicted octanol–water partition coefficient (Wildman–Crippen LogP) is 2.49. The highest BCUT2D eigenvalue weighted by Gasteiger charge is 2.44. The minimum atomic E-state index is -4.67. The van der Waals surface area contributed by atoms with Gasteiger partial charge in [-0.05, 0) is 18.2 Å². The normalized spacial score (nSPS) is 17.4. The molecule has 3 aromatic rings. The molecule has 1 unspecified atom stereocenters. The summed E-state index contributed by atoms with van der Waals surface area (Å²) in [7, 11) is 1.26.